The Balaban J connectivity index is 1.78. The number of amides is 1. The molecule has 0 bridgehead atoms. The molecule has 1 fully saturated rings. The molecule has 0 aromatic heterocycles. The van der Waals surface area contributed by atoms with Crippen molar-refractivity contribution < 1.29 is 9.53 Å². The van der Waals surface area contributed by atoms with E-state index in [1.165, 1.54) is 0 Å². The van der Waals surface area contributed by atoms with Gasteiger partial charge in [0, 0.05) is 11.1 Å². The van der Waals surface area contributed by atoms with Crippen molar-refractivity contribution in [2.24, 2.45) is 0 Å². The fourth-order valence-electron chi connectivity index (χ4n) is 2.51. The fraction of sp³-hybridized carbons (Fsp3) is 0.150. The largest absolute Gasteiger partial charge is 0.447 e. The van der Waals surface area contributed by atoms with Crippen molar-refractivity contribution in [3.8, 4) is 24.2 Å². The van der Waals surface area contributed by atoms with Crippen LogP contribution >= 0.6 is 0 Å². The summed E-state index contributed by atoms with van der Waals surface area (Å²) in [5, 5.41) is 0. The van der Waals surface area contributed by atoms with E-state index in [4.69, 9.17) is 11.2 Å². The monoisotopic (exact) mass is 301 g/mol. The van der Waals surface area contributed by atoms with Crippen LogP contribution in [-0.4, -0.2) is 24.1 Å². The van der Waals surface area contributed by atoms with Gasteiger partial charge in [0.25, 0.3) is 0 Å². The number of carbonyl (C=O) groups is 1. The van der Waals surface area contributed by atoms with Crippen molar-refractivity contribution in [1.82, 2.24) is 4.90 Å². The van der Waals surface area contributed by atoms with Gasteiger partial charge in [-0.1, -0.05) is 60.2 Å². The Hall–Kier alpha value is -3.17. The molecule has 0 N–H and O–H groups in total. The maximum Gasteiger partial charge on any atom is 0.411 e. The van der Waals surface area contributed by atoms with Crippen molar-refractivity contribution in [3.05, 3.63) is 71.3 Å². The molecule has 23 heavy (non-hydrogen) atoms. The Bertz CT molecular complexity index is 809. The number of carbonyl (C=O) groups excluding carboxylic acids is 1. The van der Waals surface area contributed by atoms with E-state index in [1.807, 2.05) is 54.6 Å². The molecule has 0 spiro atoms. The summed E-state index contributed by atoms with van der Waals surface area (Å²) in [7, 11) is 0. The van der Waals surface area contributed by atoms with E-state index in [9.17, 15) is 4.79 Å². The second kappa shape index (κ2) is 6.73. The van der Waals surface area contributed by atoms with Crippen LogP contribution in [0.1, 0.15) is 22.7 Å². The van der Waals surface area contributed by atoms with Gasteiger partial charge in [0.2, 0.25) is 0 Å². The first-order valence-corrected chi connectivity index (χ1v) is 7.32. The molecule has 2 aromatic carbocycles. The normalized spacial score (nSPS) is 16.2. The van der Waals surface area contributed by atoms with Crippen molar-refractivity contribution in [2.45, 2.75) is 6.04 Å². The lowest BCUT2D eigenvalue weighted by atomic mass is 10.1. The molecule has 1 aliphatic rings. The molecular weight excluding hydrogens is 286 g/mol. The Morgan fingerprint density at radius 3 is 2.52 bits per heavy atom. The van der Waals surface area contributed by atoms with Gasteiger partial charge >= 0.3 is 6.09 Å². The molecule has 0 unspecified atom stereocenters. The molecule has 0 radical (unpaired) electrons. The summed E-state index contributed by atoms with van der Waals surface area (Å²) in [6.07, 6.45) is 5.13. The zero-order valence-electron chi connectivity index (χ0n) is 12.5. The van der Waals surface area contributed by atoms with E-state index in [0.29, 0.717) is 13.2 Å². The Morgan fingerprint density at radius 2 is 1.78 bits per heavy atom. The van der Waals surface area contributed by atoms with Crippen LogP contribution < -0.4 is 0 Å². The number of cyclic esters (lactones) is 1. The first-order chi connectivity index (χ1) is 11.3. The number of rotatable bonds is 2. The minimum Gasteiger partial charge on any atom is -0.447 e. The summed E-state index contributed by atoms with van der Waals surface area (Å²) in [6, 6.07) is 17.2. The molecular formula is C20H15NO2. The van der Waals surface area contributed by atoms with Crippen LogP contribution in [0.15, 0.2) is 54.6 Å². The Kier molecular flexibility index (Phi) is 4.32. The summed E-state index contributed by atoms with van der Waals surface area (Å²) in [5.74, 6) is 8.68. The highest BCUT2D eigenvalue weighted by Gasteiger charge is 2.33. The molecule has 3 heteroatoms. The van der Waals surface area contributed by atoms with Crippen LogP contribution in [0.5, 0.6) is 0 Å². The first-order valence-electron chi connectivity index (χ1n) is 7.32. The third kappa shape index (κ3) is 3.20. The number of benzene rings is 2. The molecule has 1 saturated heterocycles. The maximum atomic E-state index is 11.9. The molecule has 1 heterocycles. The van der Waals surface area contributed by atoms with Gasteiger partial charge in [-0.3, -0.25) is 4.90 Å². The van der Waals surface area contributed by atoms with Crippen LogP contribution in [0.4, 0.5) is 4.79 Å². The number of hydrogen-bond donors (Lipinski definition) is 0. The van der Waals surface area contributed by atoms with Crippen LogP contribution in [0.2, 0.25) is 0 Å². The number of hydrogen-bond acceptors (Lipinski definition) is 2. The third-order valence-corrected chi connectivity index (χ3v) is 3.71. The molecule has 3 rings (SSSR count). The van der Waals surface area contributed by atoms with Gasteiger partial charge in [-0.15, -0.1) is 6.42 Å². The topological polar surface area (TPSA) is 29.5 Å². The smallest absolute Gasteiger partial charge is 0.411 e. The van der Waals surface area contributed by atoms with Gasteiger partial charge in [0.15, 0.2) is 0 Å². The zero-order valence-corrected chi connectivity index (χ0v) is 12.5. The van der Waals surface area contributed by atoms with Crippen molar-refractivity contribution in [1.29, 1.82) is 0 Å². The van der Waals surface area contributed by atoms with Crippen molar-refractivity contribution >= 4 is 6.09 Å². The number of ether oxygens (including phenoxy) is 1. The highest BCUT2D eigenvalue weighted by atomic mass is 16.6. The van der Waals surface area contributed by atoms with Gasteiger partial charge < -0.3 is 4.74 Å². The summed E-state index contributed by atoms with van der Waals surface area (Å²) in [4.78, 5) is 13.6. The lowest BCUT2D eigenvalue weighted by Gasteiger charge is -2.18. The minimum atomic E-state index is -0.335. The summed E-state index contributed by atoms with van der Waals surface area (Å²) in [6.45, 7) is 0.656. The first kappa shape index (κ1) is 14.8. The lowest BCUT2D eigenvalue weighted by Crippen LogP contribution is -2.27. The van der Waals surface area contributed by atoms with Crippen molar-refractivity contribution in [2.75, 3.05) is 13.2 Å². The van der Waals surface area contributed by atoms with Gasteiger partial charge in [0.1, 0.15) is 6.61 Å². The summed E-state index contributed by atoms with van der Waals surface area (Å²) in [5.41, 5.74) is 2.59. The van der Waals surface area contributed by atoms with E-state index in [-0.39, 0.29) is 12.1 Å². The molecule has 1 aliphatic heterocycles. The van der Waals surface area contributed by atoms with E-state index < -0.39 is 0 Å². The van der Waals surface area contributed by atoms with E-state index >= 15 is 0 Å². The van der Waals surface area contributed by atoms with Crippen LogP contribution in [0.25, 0.3) is 0 Å². The van der Waals surface area contributed by atoms with Gasteiger partial charge in [-0.2, -0.15) is 0 Å². The Labute approximate surface area is 135 Å². The summed E-state index contributed by atoms with van der Waals surface area (Å²) < 4.78 is 5.17. The molecule has 0 saturated carbocycles. The predicted octanol–water partition coefficient (Wildman–Crippen LogP) is 3.21. The van der Waals surface area contributed by atoms with Gasteiger partial charge in [0.05, 0.1) is 12.6 Å². The minimum absolute atomic E-state index is 0.0964. The standard InChI is InChI=1S/C20H15NO2/c1-2-16-9-6-7-10-17(16)13-8-14-21-19(15-23-20(21)22)18-11-4-3-5-12-18/h1,3-7,9-12,19H,14-15H2/t19-/m0/s1. The molecule has 3 nitrogen and oxygen atoms in total. The Morgan fingerprint density at radius 1 is 1.09 bits per heavy atom. The van der Waals surface area contributed by atoms with Crippen LogP contribution in [-0.2, 0) is 4.74 Å². The highest BCUT2D eigenvalue weighted by Crippen LogP contribution is 2.26. The van der Waals surface area contributed by atoms with E-state index in [1.54, 1.807) is 4.90 Å². The number of nitrogens with zero attached hydrogens (tertiary/aromatic N) is 1. The lowest BCUT2D eigenvalue weighted by molar-refractivity contribution is 0.161. The zero-order chi connectivity index (χ0) is 16.1. The fourth-order valence-corrected chi connectivity index (χ4v) is 2.51. The van der Waals surface area contributed by atoms with Crippen LogP contribution in [0, 0.1) is 24.2 Å². The average Bonchev–Trinajstić information content (AvgIpc) is 2.97. The van der Waals surface area contributed by atoms with E-state index in [0.717, 1.165) is 16.7 Å². The maximum absolute atomic E-state index is 11.9. The molecule has 2 aromatic rings. The van der Waals surface area contributed by atoms with Gasteiger partial charge in [-0.25, -0.2) is 4.79 Å². The second-order valence-corrected chi connectivity index (χ2v) is 5.12. The molecule has 0 aliphatic carbocycles. The number of terminal acetylenes is 1. The molecule has 112 valence electrons. The van der Waals surface area contributed by atoms with Gasteiger partial charge in [-0.05, 0) is 17.7 Å². The molecule has 1 atom stereocenters. The SMILES string of the molecule is C#Cc1ccccc1C#CCN1C(=O)OC[C@H]1c1ccccc1. The summed E-state index contributed by atoms with van der Waals surface area (Å²) >= 11 is 0. The van der Waals surface area contributed by atoms with Crippen LogP contribution in [0.3, 0.4) is 0 Å². The third-order valence-electron chi connectivity index (χ3n) is 3.71. The van der Waals surface area contributed by atoms with Crippen molar-refractivity contribution in [3.63, 3.8) is 0 Å². The quantitative estimate of drug-likeness (QED) is 0.797. The van der Waals surface area contributed by atoms with E-state index in [2.05, 4.69) is 17.8 Å². The average molecular weight is 301 g/mol. The second-order valence-electron chi connectivity index (χ2n) is 5.12. The highest BCUT2D eigenvalue weighted by molar-refractivity contribution is 5.71. The molecule has 1 amide bonds. The predicted molar refractivity (Wildman–Crippen MR) is 88.5 cm³/mol.